The summed E-state index contributed by atoms with van der Waals surface area (Å²) in [6, 6.07) is 6.51. The minimum atomic E-state index is -0.444. The Labute approximate surface area is 116 Å². The second-order valence-electron chi connectivity index (χ2n) is 4.37. The third-order valence-electron chi connectivity index (χ3n) is 2.97. The number of non-ortho nitro benzene ring substituents is 1. The van der Waals surface area contributed by atoms with E-state index in [4.69, 9.17) is 9.84 Å². The number of nitrogens with zero attached hydrogens (tertiary/aromatic N) is 2. The summed E-state index contributed by atoms with van der Waals surface area (Å²) in [4.78, 5) is 14.6. The maximum absolute atomic E-state index is 11.0. The van der Waals surface area contributed by atoms with Gasteiger partial charge in [-0.25, -0.2) is 4.98 Å². The molecule has 0 saturated carbocycles. The van der Waals surface area contributed by atoms with E-state index in [9.17, 15) is 10.1 Å². The number of aromatic nitrogens is 1. The van der Waals surface area contributed by atoms with Gasteiger partial charge < -0.3 is 9.84 Å². The van der Waals surface area contributed by atoms with Gasteiger partial charge in [0.15, 0.2) is 5.52 Å². The fourth-order valence-electron chi connectivity index (χ4n) is 1.98. The molecule has 1 N–H and O–H groups in total. The number of unbranched alkanes of at least 4 members (excludes halogenated alkanes) is 2. The lowest BCUT2D eigenvalue weighted by Gasteiger charge is -2.09. The van der Waals surface area contributed by atoms with Crippen molar-refractivity contribution < 1.29 is 14.8 Å². The molecular formula is C14H16N2O4. The quantitative estimate of drug-likeness (QED) is 0.477. The summed E-state index contributed by atoms with van der Waals surface area (Å²) < 4.78 is 5.66. The van der Waals surface area contributed by atoms with Gasteiger partial charge in [-0.15, -0.1) is 0 Å². The number of rotatable bonds is 7. The number of fused-ring (bicyclic) bond motifs is 1. The average Bonchev–Trinajstić information content (AvgIpc) is 2.46. The number of nitro groups is 1. The molecule has 1 heterocycles. The molecule has 2 aromatic rings. The van der Waals surface area contributed by atoms with Crippen molar-refractivity contribution in [3.8, 4) is 5.75 Å². The Balaban J connectivity index is 2.18. The second-order valence-corrected chi connectivity index (χ2v) is 4.37. The molecule has 0 spiro atoms. The van der Waals surface area contributed by atoms with E-state index in [1.807, 2.05) is 0 Å². The van der Waals surface area contributed by atoms with E-state index in [0.717, 1.165) is 19.3 Å². The van der Waals surface area contributed by atoms with Crippen molar-refractivity contribution in [1.82, 2.24) is 4.98 Å². The van der Waals surface area contributed by atoms with Crippen molar-refractivity contribution >= 4 is 16.6 Å². The van der Waals surface area contributed by atoms with Crippen LogP contribution in [0.2, 0.25) is 0 Å². The Bertz CT molecular complexity index is 601. The standard InChI is InChI=1S/C14H16N2O4/c17-9-2-1-3-10-20-13-7-6-12(16(18)19)14-11(13)5-4-8-15-14/h4-8,17H,1-3,9-10H2. The minimum absolute atomic E-state index is 0.0202. The van der Waals surface area contributed by atoms with Crippen molar-refractivity contribution in [2.45, 2.75) is 19.3 Å². The molecule has 0 amide bonds. The van der Waals surface area contributed by atoms with Crippen molar-refractivity contribution in [3.05, 3.63) is 40.6 Å². The minimum Gasteiger partial charge on any atom is -0.493 e. The van der Waals surface area contributed by atoms with Gasteiger partial charge in [0.2, 0.25) is 0 Å². The summed E-state index contributed by atoms with van der Waals surface area (Å²) >= 11 is 0. The lowest BCUT2D eigenvalue weighted by atomic mass is 10.1. The number of nitro benzene ring substituents is 1. The Hall–Kier alpha value is -2.21. The zero-order valence-electron chi connectivity index (χ0n) is 11.0. The fourth-order valence-corrected chi connectivity index (χ4v) is 1.98. The molecule has 0 bridgehead atoms. The van der Waals surface area contributed by atoms with Gasteiger partial charge in [0.1, 0.15) is 5.75 Å². The molecular weight excluding hydrogens is 260 g/mol. The summed E-state index contributed by atoms with van der Waals surface area (Å²) in [7, 11) is 0. The summed E-state index contributed by atoms with van der Waals surface area (Å²) in [6.07, 6.45) is 4.01. The van der Waals surface area contributed by atoms with Gasteiger partial charge in [-0.05, 0) is 37.5 Å². The van der Waals surface area contributed by atoms with E-state index >= 15 is 0 Å². The molecule has 1 aromatic carbocycles. The summed E-state index contributed by atoms with van der Waals surface area (Å²) in [5.74, 6) is 0.600. The molecule has 0 aliphatic heterocycles. The molecule has 6 heteroatoms. The third-order valence-corrected chi connectivity index (χ3v) is 2.97. The van der Waals surface area contributed by atoms with E-state index in [1.54, 1.807) is 18.2 Å². The van der Waals surface area contributed by atoms with Crippen LogP contribution >= 0.6 is 0 Å². The van der Waals surface area contributed by atoms with Crippen LogP contribution in [0.1, 0.15) is 19.3 Å². The fraction of sp³-hybridized carbons (Fsp3) is 0.357. The Morgan fingerprint density at radius 2 is 2.10 bits per heavy atom. The van der Waals surface area contributed by atoms with Crippen molar-refractivity contribution in [3.63, 3.8) is 0 Å². The predicted octanol–water partition coefficient (Wildman–Crippen LogP) is 2.68. The maximum atomic E-state index is 11.0. The Kier molecular flexibility index (Phi) is 4.84. The molecule has 106 valence electrons. The number of aliphatic hydroxyl groups is 1. The van der Waals surface area contributed by atoms with Crippen LogP contribution in [0, 0.1) is 10.1 Å². The lowest BCUT2D eigenvalue weighted by molar-refractivity contribution is -0.383. The Morgan fingerprint density at radius 1 is 1.25 bits per heavy atom. The smallest absolute Gasteiger partial charge is 0.295 e. The molecule has 6 nitrogen and oxygen atoms in total. The van der Waals surface area contributed by atoms with E-state index in [2.05, 4.69) is 4.98 Å². The van der Waals surface area contributed by atoms with Crippen molar-refractivity contribution in [2.75, 3.05) is 13.2 Å². The molecule has 0 aliphatic rings. The molecule has 2 rings (SSSR count). The first kappa shape index (κ1) is 14.2. The molecule has 0 fully saturated rings. The number of pyridine rings is 1. The zero-order valence-corrected chi connectivity index (χ0v) is 11.0. The van der Waals surface area contributed by atoms with Crippen LogP contribution in [0.25, 0.3) is 10.9 Å². The van der Waals surface area contributed by atoms with Gasteiger partial charge in [0.05, 0.1) is 11.5 Å². The van der Waals surface area contributed by atoms with Gasteiger partial charge in [-0.1, -0.05) is 0 Å². The zero-order chi connectivity index (χ0) is 14.4. The van der Waals surface area contributed by atoms with Gasteiger partial charge in [0.25, 0.3) is 5.69 Å². The van der Waals surface area contributed by atoms with E-state index in [1.165, 1.54) is 12.3 Å². The van der Waals surface area contributed by atoms with Gasteiger partial charge in [0, 0.05) is 24.3 Å². The topological polar surface area (TPSA) is 85.5 Å². The number of hydrogen-bond acceptors (Lipinski definition) is 5. The summed E-state index contributed by atoms with van der Waals surface area (Å²) in [5.41, 5.74) is 0.318. The van der Waals surface area contributed by atoms with Gasteiger partial charge >= 0.3 is 0 Å². The first-order valence-electron chi connectivity index (χ1n) is 6.50. The van der Waals surface area contributed by atoms with Crippen molar-refractivity contribution in [2.24, 2.45) is 0 Å². The van der Waals surface area contributed by atoms with Gasteiger partial charge in [-0.3, -0.25) is 10.1 Å². The van der Waals surface area contributed by atoms with Crippen LogP contribution in [0.4, 0.5) is 5.69 Å². The SMILES string of the molecule is O=[N+]([O-])c1ccc(OCCCCCO)c2cccnc12. The average molecular weight is 276 g/mol. The van der Waals surface area contributed by atoms with Crippen molar-refractivity contribution in [1.29, 1.82) is 0 Å². The normalized spacial score (nSPS) is 10.7. The highest BCUT2D eigenvalue weighted by molar-refractivity contribution is 5.91. The van der Waals surface area contributed by atoms with Crippen LogP contribution in [0.3, 0.4) is 0 Å². The molecule has 0 aliphatic carbocycles. The molecule has 0 saturated heterocycles. The monoisotopic (exact) mass is 276 g/mol. The van der Waals surface area contributed by atoms with E-state index < -0.39 is 4.92 Å². The third kappa shape index (κ3) is 3.21. The molecule has 20 heavy (non-hydrogen) atoms. The van der Waals surface area contributed by atoms with E-state index in [-0.39, 0.29) is 12.3 Å². The first-order chi connectivity index (χ1) is 9.74. The number of aliphatic hydroxyl groups excluding tert-OH is 1. The van der Waals surface area contributed by atoms with E-state index in [0.29, 0.717) is 23.3 Å². The molecule has 0 atom stereocenters. The highest BCUT2D eigenvalue weighted by Crippen LogP contribution is 2.31. The Morgan fingerprint density at radius 3 is 2.85 bits per heavy atom. The largest absolute Gasteiger partial charge is 0.493 e. The predicted molar refractivity (Wildman–Crippen MR) is 74.8 cm³/mol. The highest BCUT2D eigenvalue weighted by atomic mass is 16.6. The molecule has 1 aromatic heterocycles. The summed E-state index contributed by atoms with van der Waals surface area (Å²) in [6.45, 7) is 0.701. The first-order valence-corrected chi connectivity index (χ1v) is 6.50. The van der Waals surface area contributed by atoms with Crippen LogP contribution in [-0.4, -0.2) is 28.2 Å². The van der Waals surface area contributed by atoms with Crippen LogP contribution in [-0.2, 0) is 0 Å². The molecule has 0 unspecified atom stereocenters. The van der Waals surface area contributed by atoms with Crippen LogP contribution in [0.15, 0.2) is 30.5 Å². The lowest BCUT2D eigenvalue weighted by Crippen LogP contribution is -2.00. The number of ether oxygens (including phenoxy) is 1. The second kappa shape index (κ2) is 6.81. The maximum Gasteiger partial charge on any atom is 0.295 e. The van der Waals surface area contributed by atoms with Crippen LogP contribution < -0.4 is 4.74 Å². The van der Waals surface area contributed by atoms with Crippen LogP contribution in [0.5, 0.6) is 5.75 Å². The number of benzene rings is 1. The van der Waals surface area contributed by atoms with Gasteiger partial charge in [-0.2, -0.15) is 0 Å². The summed E-state index contributed by atoms with van der Waals surface area (Å²) in [5, 5.41) is 20.3. The molecule has 0 radical (unpaired) electrons. The highest BCUT2D eigenvalue weighted by Gasteiger charge is 2.15. The number of hydrogen-bond donors (Lipinski definition) is 1.